The van der Waals surface area contributed by atoms with Crippen molar-refractivity contribution in [1.29, 1.82) is 0 Å². The normalized spacial score (nSPS) is 12.0. The molecule has 19 heavy (non-hydrogen) atoms. The molecule has 4 heteroatoms. The number of amides is 1. The van der Waals surface area contributed by atoms with Gasteiger partial charge in [-0.2, -0.15) is 0 Å². The third-order valence-electron chi connectivity index (χ3n) is 3.12. The third-order valence-corrected chi connectivity index (χ3v) is 3.12. The molecule has 1 aromatic carbocycles. The summed E-state index contributed by atoms with van der Waals surface area (Å²) in [5.74, 6) is 0.938. The van der Waals surface area contributed by atoms with E-state index in [0.717, 1.165) is 17.7 Å². The highest BCUT2D eigenvalue weighted by atomic mass is 16.5. The van der Waals surface area contributed by atoms with Gasteiger partial charge in [0.2, 0.25) is 5.91 Å². The van der Waals surface area contributed by atoms with E-state index in [-0.39, 0.29) is 11.9 Å². The highest BCUT2D eigenvalue weighted by molar-refractivity contribution is 5.75. The first-order valence-electron chi connectivity index (χ1n) is 6.69. The van der Waals surface area contributed by atoms with Gasteiger partial charge in [-0.25, -0.2) is 0 Å². The van der Waals surface area contributed by atoms with Crippen molar-refractivity contribution in [1.82, 2.24) is 10.2 Å². The Hall–Kier alpha value is -1.55. The van der Waals surface area contributed by atoms with Gasteiger partial charge in [0.15, 0.2) is 0 Å². The summed E-state index contributed by atoms with van der Waals surface area (Å²) in [6.07, 6.45) is 1.39. The molecule has 0 saturated heterocycles. The Labute approximate surface area is 115 Å². The first-order chi connectivity index (χ1) is 9.10. The molecule has 0 aliphatic rings. The summed E-state index contributed by atoms with van der Waals surface area (Å²) in [5.41, 5.74) is 1.14. The van der Waals surface area contributed by atoms with Gasteiger partial charge in [-0.15, -0.1) is 0 Å². The molecule has 0 aromatic heterocycles. The van der Waals surface area contributed by atoms with E-state index in [9.17, 15) is 4.79 Å². The fraction of sp³-hybridized carbons (Fsp3) is 0.533. The van der Waals surface area contributed by atoms with Crippen LogP contribution in [0.15, 0.2) is 24.3 Å². The van der Waals surface area contributed by atoms with Crippen LogP contribution < -0.4 is 10.1 Å². The molecule has 4 nitrogen and oxygen atoms in total. The molecule has 0 radical (unpaired) electrons. The molecule has 1 N–H and O–H groups in total. The van der Waals surface area contributed by atoms with Crippen LogP contribution in [0.2, 0.25) is 0 Å². The Balaban J connectivity index is 2.65. The molecule has 0 fully saturated rings. The predicted molar refractivity (Wildman–Crippen MR) is 77.3 cm³/mol. The van der Waals surface area contributed by atoms with E-state index in [1.807, 2.05) is 25.2 Å². The van der Waals surface area contributed by atoms with E-state index >= 15 is 0 Å². The standard InChI is InChI=1S/C15H24N2O2/c1-5-13(16-2)12-8-6-7-9-14(12)19-11-10-15(18)17(3)4/h6-9,13,16H,5,10-11H2,1-4H3. The second-order valence-electron chi connectivity index (χ2n) is 4.67. The van der Waals surface area contributed by atoms with Crippen molar-refractivity contribution < 1.29 is 9.53 Å². The van der Waals surface area contributed by atoms with E-state index in [0.29, 0.717) is 13.0 Å². The van der Waals surface area contributed by atoms with Gasteiger partial charge in [0.25, 0.3) is 0 Å². The van der Waals surface area contributed by atoms with Crippen molar-refractivity contribution in [3.05, 3.63) is 29.8 Å². The molecule has 106 valence electrons. The van der Waals surface area contributed by atoms with Crippen LogP contribution in [0, 0.1) is 0 Å². The average Bonchev–Trinajstić information content (AvgIpc) is 2.41. The van der Waals surface area contributed by atoms with Gasteiger partial charge in [-0.1, -0.05) is 25.1 Å². The van der Waals surface area contributed by atoms with Gasteiger partial charge in [0.05, 0.1) is 13.0 Å². The number of benzene rings is 1. The van der Waals surface area contributed by atoms with Crippen molar-refractivity contribution in [3.8, 4) is 5.75 Å². The molecule has 1 aromatic rings. The molecule has 0 saturated carbocycles. The second kappa shape index (κ2) is 7.79. The average molecular weight is 264 g/mol. The highest BCUT2D eigenvalue weighted by Gasteiger charge is 2.12. The van der Waals surface area contributed by atoms with Crippen LogP contribution >= 0.6 is 0 Å². The Morgan fingerprint density at radius 3 is 2.63 bits per heavy atom. The van der Waals surface area contributed by atoms with Crippen molar-refractivity contribution >= 4 is 5.91 Å². The zero-order chi connectivity index (χ0) is 14.3. The molecular formula is C15H24N2O2. The summed E-state index contributed by atoms with van der Waals surface area (Å²) >= 11 is 0. The summed E-state index contributed by atoms with van der Waals surface area (Å²) in [6, 6.07) is 8.26. The van der Waals surface area contributed by atoms with E-state index < -0.39 is 0 Å². The van der Waals surface area contributed by atoms with Crippen LogP contribution in [0.1, 0.15) is 31.4 Å². The molecule has 1 amide bonds. The smallest absolute Gasteiger partial charge is 0.225 e. The van der Waals surface area contributed by atoms with Crippen LogP contribution in [-0.2, 0) is 4.79 Å². The largest absolute Gasteiger partial charge is 0.493 e. The second-order valence-corrected chi connectivity index (χ2v) is 4.67. The summed E-state index contributed by atoms with van der Waals surface area (Å²) in [5, 5.41) is 3.27. The maximum Gasteiger partial charge on any atom is 0.225 e. The zero-order valence-electron chi connectivity index (χ0n) is 12.3. The number of carbonyl (C=O) groups is 1. The summed E-state index contributed by atoms with van der Waals surface area (Å²) < 4.78 is 5.76. The topological polar surface area (TPSA) is 41.6 Å². The number of hydrogen-bond donors (Lipinski definition) is 1. The fourth-order valence-electron chi connectivity index (χ4n) is 1.95. The minimum atomic E-state index is 0.0816. The predicted octanol–water partition coefficient (Wildman–Crippen LogP) is 2.21. The van der Waals surface area contributed by atoms with E-state index in [1.165, 1.54) is 0 Å². The highest BCUT2D eigenvalue weighted by Crippen LogP contribution is 2.26. The maximum atomic E-state index is 11.5. The van der Waals surface area contributed by atoms with E-state index in [4.69, 9.17) is 4.74 Å². The minimum absolute atomic E-state index is 0.0816. The summed E-state index contributed by atoms with van der Waals surface area (Å²) in [7, 11) is 5.45. The van der Waals surface area contributed by atoms with Gasteiger partial charge in [-0.3, -0.25) is 4.79 Å². The molecule has 1 rings (SSSR count). The van der Waals surface area contributed by atoms with Crippen LogP contribution in [0.5, 0.6) is 5.75 Å². The van der Waals surface area contributed by atoms with Crippen molar-refractivity contribution in [2.24, 2.45) is 0 Å². The number of nitrogens with zero attached hydrogens (tertiary/aromatic N) is 1. The van der Waals surface area contributed by atoms with Gasteiger partial charge in [-0.05, 0) is 19.5 Å². The fourth-order valence-corrected chi connectivity index (χ4v) is 1.95. The minimum Gasteiger partial charge on any atom is -0.493 e. The third kappa shape index (κ3) is 4.56. The van der Waals surface area contributed by atoms with Gasteiger partial charge in [0.1, 0.15) is 5.75 Å². The molecule has 1 atom stereocenters. The van der Waals surface area contributed by atoms with Gasteiger partial charge >= 0.3 is 0 Å². The van der Waals surface area contributed by atoms with Crippen molar-refractivity contribution in [2.45, 2.75) is 25.8 Å². The monoisotopic (exact) mass is 264 g/mol. The molecule has 0 aliphatic carbocycles. The molecular weight excluding hydrogens is 240 g/mol. The lowest BCUT2D eigenvalue weighted by Gasteiger charge is -2.19. The lowest BCUT2D eigenvalue weighted by molar-refractivity contribution is -0.129. The van der Waals surface area contributed by atoms with Crippen LogP contribution in [0.4, 0.5) is 0 Å². The van der Waals surface area contributed by atoms with Crippen molar-refractivity contribution in [2.75, 3.05) is 27.7 Å². The Morgan fingerprint density at radius 2 is 2.05 bits per heavy atom. The zero-order valence-corrected chi connectivity index (χ0v) is 12.3. The number of ether oxygens (including phenoxy) is 1. The van der Waals surface area contributed by atoms with Gasteiger partial charge in [0, 0.05) is 25.7 Å². The lowest BCUT2D eigenvalue weighted by atomic mass is 10.0. The quantitative estimate of drug-likeness (QED) is 0.821. The number of nitrogens with one attached hydrogen (secondary N) is 1. The number of carbonyl (C=O) groups excluding carboxylic acids is 1. The molecule has 0 spiro atoms. The Bertz CT molecular complexity index is 401. The molecule has 0 aliphatic heterocycles. The maximum absolute atomic E-state index is 11.5. The summed E-state index contributed by atoms with van der Waals surface area (Å²) in [4.78, 5) is 13.1. The number of para-hydroxylation sites is 1. The molecule has 0 bridgehead atoms. The first-order valence-corrected chi connectivity index (χ1v) is 6.69. The molecule has 1 unspecified atom stereocenters. The lowest BCUT2D eigenvalue weighted by Crippen LogP contribution is -2.23. The van der Waals surface area contributed by atoms with E-state index in [1.54, 1.807) is 19.0 Å². The number of rotatable bonds is 7. The Morgan fingerprint density at radius 1 is 1.37 bits per heavy atom. The molecule has 0 heterocycles. The Kier molecular flexibility index (Phi) is 6.36. The first kappa shape index (κ1) is 15.5. The number of hydrogen-bond acceptors (Lipinski definition) is 3. The summed E-state index contributed by atoms with van der Waals surface area (Å²) in [6.45, 7) is 2.54. The SMILES string of the molecule is CCC(NC)c1ccccc1OCCC(=O)N(C)C. The van der Waals surface area contributed by atoms with E-state index in [2.05, 4.69) is 18.3 Å². The van der Waals surface area contributed by atoms with Crippen LogP contribution in [0.25, 0.3) is 0 Å². The van der Waals surface area contributed by atoms with Crippen molar-refractivity contribution in [3.63, 3.8) is 0 Å². The van der Waals surface area contributed by atoms with Gasteiger partial charge < -0.3 is 15.0 Å². The van der Waals surface area contributed by atoms with Crippen LogP contribution in [0.3, 0.4) is 0 Å². The van der Waals surface area contributed by atoms with Crippen LogP contribution in [-0.4, -0.2) is 38.6 Å².